The van der Waals surface area contributed by atoms with Crippen molar-refractivity contribution in [3.05, 3.63) is 59.7 Å². The second-order valence-corrected chi connectivity index (χ2v) is 5.79. The molecule has 2 N–H and O–H groups in total. The van der Waals surface area contributed by atoms with Crippen LogP contribution in [0.3, 0.4) is 0 Å². The number of aromatic nitrogens is 8. The van der Waals surface area contributed by atoms with Gasteiger partial charge in [0.25, 0.3) is 0 Å². The Morgan fingerprint density at radius 1 is 0.935 bits per heavy atom. The van der Waals surface area contributed by atoms with E-state index < -0.39 is 5.97 Å². The van der Waals surface area contributed by atoms with Crippen molar-refractivity contribution in [3.8, 4) is 22.8 Å². The fourth-order valence-electron chi connectivity index (χ4n) is 2.32. The number of aryl methyl sites for hydroxylation is 1. The molecule has 0 radical (unpaired) electrons. The average Bonchev–Trinajstić information content (AvgIpc) is 3.46. The quantitative estimate of drug-likeness (QED) is 0.462. The van der Waals surface area contributed by atoms with E-state index in [-0.39, 0.29) is 19.0 Å². The predicted octanol–water partition coefficient (Wildman–Crippen LogP) is 1.86. The summed E-state index contributed by atoms with van der Waals surface area (Å²) in [5.74, 6) is -0.343. The van der Waals surface area contributed by atoms with E-state index in [4.69, 9.17) is 5.11 Å². The Hall–Kier alpha value is -4.48. The standard InChI is InChI=1S/C10H10N4O2.C8H6N4O2.CH4/c1-14-12-9(11-13-14)7-3-5-8(6-4-7)10(15)16-2;13-8(14)6-3-1-5(2-4-6)7-9-11-12-10-7;/h3-6H,1-2H3;1-4H,(H,13,14)(H,9,10,11,12);1H4. The molecule has 31 heavy (non-hydrogen) atoms. The van der Waals surface area contributed by atoms with Crippen LogP contribution in [-0.2, 0) is 11.8 Å². The normalized spacial score (nSPS) is 9.74. The molecular formula is C19H20N8O4. The summed E-state index contributed by atoms with van der Waals surface area (Å²) < 4.78 is 4.60. The van der Waals surface area contributed by atoms with Gasteiger partial charge in [0, 0.05) is 11.1 Å². The summed E-state index contributed by atoms with van der Waals surface area (Å²) in [5, 5.41) is 33.6. The number of carboxylic acid groups (broad SMARTS) is 1. The van der Waals surface area contributed by atoms with Gasteiger partial charge >= 0.3 is 11.9 Å². The van der Waals surface area contributed by atoms with E-state index >= 15 is 0 Å². The van der Waals surface area contributed by atoms with Gasteiger partial charge in [0.2, 0.25) is 11.6 Å². The van der Waals surface area contributed by atoms with Gasteiger partial charge in [-0.3, -0.25) is 0 Å². The number of benzene rings is 2. The monoisotopic (exact) mass is 424 g/mol. The number of hydrogen-bond acceptors (Lipinski definition) is 9. The topological polar surface area (TPSA) is 162 Å². The van der Waals surface area contributed by atoms with Crippen molar-refractivity contribution < 1.29 is 19.4 Å². The molecule has 0 unspecified atom stereocenters. The molecule has 0 bridgehead atoms. The molecule has 12 heteroatoms. The lowest BCUT2D eigenvalue weighted by Crippen LogP contribution is -2.00. The Balaban J connectivity index is 0.000000215. The number of aromatic carboxylic acids is 1. The molecule has 0 aliphatic carbocycles. The number of ether oxygens (including phenoxy) is 1. The number of rotatable bonds is 4. The minimum atomic E-state index is -0.954. The lowest BCUT2D eigenvalue weighted by molar-refractivity contribution is 0.0600. The Kier molecular flexibility index (Phi) is 7.61. The van der Waals surface area contributed by atoms with E-state index in [2.05, 4.69) is 40.8 Å². The smallest absolute Gasteiger partial charge is 0.337 e. The van der Waals surface area contributed by atoms with Gasteiger partial charge in [-0.25, -0.2) is 9.59 Å². The van der Waals surface area contributed by atoms with Gasteiger partial charge in [0.1, 0.15) is 0 Å². The Morgan fingerprint density at radius 3 is 1.97 bits per heavy atom. The van der Waals surface area contributed by atoms with Crippen molar-refractivity contribution in [1.29, 1.82) is 0 Å². The van der Waals surface area contributed by atoms with E-state index in [0.29, 0.717) is 17.2 Å². The fourth-order valence-corrected chi connectivity index (χ4v) is 2.32. The number of carboxylic acids is 1. The van der Waals surface area contributed by atoms with Crippen molar-refractivity contribution in [2.75, 3.05) is 7.11 Å². The largest absolute Gasteiger partial charge is 0.478 e. The van der Waals surface area contributed by atoms with Crippen LogP contribution < -0.4 is 0 Å². The van der Waals surface area contributed by atoms with Gasteiger partial charge in [-0.05, 0) is 34.7 Å². The molecule has 2 aromatic carbocycles. The summed E-state index contributed by atoms with van der Waals surface area (Å²) in [4.78, 5) is 23.1. The summed E-state index contributed by atoms with van der Waals surface area (Å²) >= 11 is 0. The van der Waals surface area contributed by atoms with Gasteiger partial charge in [-0.2, -0.15) is 10.0 Å². The number of tetrazole rings is 2. The van der Waals surface area contributed by atoms with Crippen molar-refractivity contribution in [2.24, 2.45) is 7.05 Å². The number of H-pyrrole nitrogens is 1. The maximum Gasteiger partial charge on any atom is 0.337 e. The number of nitrogens with one attached hydrogen (secondary N) is 1. The van der Waals surface area contributed by atoms with Crippen LogP contribution in [0, 0.1) is 0 Å². The van der Waals surface area contributed by atoms with Crippen molar-refractivity contribution in [1.82, 2.24) is 40.8 Å². The summed E-state index contributed by atoms with van der Waals surface area (Å²) in [6.07, 6.45) is 0. The second kappa shape index (κ2) is 10.3. The first-order valence-corrected chi connectivity index (χ1v) is 8.48. The highest BCUT2D eigenvalue weighted by Gasteiger charge is 2.08. The third-order valence-electron chi connectivity index (χ3n) is 3.81. The van der Waals surface area contributed by atoms with E-state index in [9.17, 15) is 9.59 Å². The molecule has 0 saturated heterocycles. The van der Waals surface area contributed by atoms with Gasteiger partial charge < -0.3 is 9.84 Å². The zero-order valence-corrected chi connectivity index (χ0v) is 15.9. The lowest BCUT2D eigenvalue weighted by Gasteiger charge is -1.99. The molecule has 2 heterocycles. The van der Waals surface area contributed by atoms with Crippen LogP contribution in [0.2, 0.25) is 0 Å². The molecule has 12 nitrogen and oxygen atoms in total. The lowest BCUT2D eigenvalue weighted by atomic mass is 10.1. The predicted molar refractivity (Wildman–Crippen MR) is 109 cm³/mol. The summed E-state index contributed by atoms with van der Waals surface area (Å²) in [7, 11) is 3.04. The molecule has 4 aromatic rings. The Bertz CT molecular complexity index is 1120. The maximum atomic E-state index is 11.2. The van der Waals surface area contributed by atoms with E-state index in [1.807, 2.05) is 0 Å². The summed E-state index contributed by atoms with van der Waals surface area (Å²) in [6, 6.07) is 13.1. The molecule has 0 aliphatic heterocycles. The molecule has 0 saturated carbocycles. The number of nitrogens with zero attached hydrogens (tertiary/aromatic N) is 7. The molecule has 0 amide bonds. The van der Waals surface area contributed by atoms with E-state index in [1.165, 1.54) is 24.0 Å². The Labute approximate surface area is 176 Å². The number of methoxy groups -OCH3 is 1. The zero-order valence-electron chi connectivity index (χ0n) is 15.9. The SMILES string of the molecule is C.COC(=O)c1ccc(-c2nnn(C)n2)cc1.O=C(O)c1ccc(-c2nn[nH]n2)cc1. The molecular weight excluding hydrogens is 404 g/mol. The third kappa shape index (κ3) is 5.76. The number of carbonyl (C=O) groups is 2. The number of carbonyl (C=O) groups excluding carboxylic acids is 1. The fraction of sp³-hybridized carbons (Fsp3) is 0.158. The first-order valence-electron chi connectivity index (χ1n) is 8.48. The second-order valence-electron chi connectivity index (χ2n) is 5.79. The van der Waals surface area contributed by atoms with Crippen LogP contribution in [0.15, 0.2) is 48.5 Å². The van der Waals surface area contributed by atoms with Gasteiger partial charge in [-0.15, -0.1) is 20.4 Å². The van der Waals surface area contributed by atoms with E-state index in [1.54, 1.807) is 43.4 Å². The average molecular weight is 424 g/mol. The van der Waals surface area contributed by atoms with Crippen LogP contribution in [0.4, 0.5) is 0 Å². The highest BCUT2D eigenvalue weighted by Crippen LogP contribution is 2.15. The molecule has 0 atom stereocenters. The highest BCUT2D eigenvalue weighted by molar-refractivity contribution is 5.89. The summed E-state index contributed by atoms with van der Waals surface area (Å²) in [5.41, 5.74) is 2.26. The van der Waals surface area contributed by atoms with Crippen LogP contribution in [0.1, 0.15) is 28.1 Å². The Morgan fingerprint density at radius 2 is 1.52 bits per heavy atom. The van der Waals surface area contributed by atoms with Crippen LogP contribution >= 0.6 is 0 Å². The minimum Gasteiger partial charge on any atom is -0.478 e. The van der Waals surface area contributed by atoms with Crippen molar-refractivity contribution in [2.45, 2.75) is 7.43 Å². The molecule has 0 spiro atoms. The maximum absolute atomic E-state index is 11.2. The highest BCUT2D eigenvalue weighted by atomic mass is 16.5. The van der Waals surface area contributed by atoms with Gasteiger partial charge in [-0.1, -0.05) is 31.7 Å². The molecule has 4 rings (SSSR count). The summed E-state index contributed by atoms with van der Waals surface area (Å²) in [6.45, 7) is 0. The number of esters is 1. The third-order valence-corrected chi connectivity index (χ3v) is 3.81. The van der Waals surface area contributed by atoms with Crippen LogP contribution in [0.25, 0.3) is 22.8 Å². The van der Waals surface area contributed by atoms with E-state index in [0.717, 1.165) is 11.1 Å². The van der Waals surface area contributed by atoms with Crippen molar-refractivity contribution in [3.63, 3.8) is 0 Å². The minimum absolute atomic E-state index is 0. The molecule has 160 valence electrons. The zero-order chi connectivity index (χ0) is 21.5. The molecule has 2 aromatic heterocycles. The molecule has 0 aliphatic rings. The van der Waals surface area contributed by atoms with Gasteiger partial charge in [0.05, 0.1) is 25.3 Å². The number of hydrogen-bond donors (Lipinski definition) is 2. The van der Waals surface area contributed by atoms with Crippen LogP contribution in [0.5, 0.6) is 0 Å². The first-order chi connectivity index (χ1) is 14.5. The van der Waals surface area contributed by atoms with Crippen molar-refractivity contribution >= 4 is 11.9 Å². The van der Waals surface area contributed by atoms with Crippen LogP contribution in [-0.4, -0.2) is 65.0 Å². The first kappa shape index (κ1) is 22.8. The molecule has 0 fully saturated rings. The number of aromatic amines is 1. The van der Waals surface area contributed by atoms with Gasteiger partial charge in [0.15, 0.2) is 0 Å².